The first-order chi connectivity index (χ1) is 11.1. The maximum absolute atomic E-state index is 13.5. The van der Waals surface area contributed by atoms with E-state index in [2.05, 4.69) is 15.5 Å². The summed E-state index contributed by atoms with van der Waals surface area (Å²) in [5.74, 6) is -0.0828. The lowest BCUT2D eigenvalue weighted by Gasteiger charge is -2.25. The van der Waals surface area contributed by atoms with Crippen LogP contribution in [0.1, 0.15) is 28.5 Å². The van der Waals surface area contributed by atoms with Gasteiger partial charge in [-0.3, -0.25) is 4.79 Å². The molecule has 0 spiro atoms. The molecule has 0 radical (unpaired) electrons. The summed E-state index contributed by atoms with van der Waals surface area (Å²) in [6.45, 7) is 0.384. The lowest BCUT2D eigenvalue weighted by molar-refractivity contribution is 0.0957. The lowest BCUT2D eigenvalue weighted by atomic mass is 10.0. The molecule has 1 aliphatic heterocycles. The molecule has 0 bridgehead atoms. The molecule has 0 unspecified atom stereocenters. The number of carbonyl (C=O) groups excluding carboxylic acids is 1. The molecule has 3 rings (SSSR count). The summed E-state index contributed by atoms with van der Waals surface area (Å²) >= 11 is 0. The number of hydrogen-bond acceptors (Lipinski definition) is 5. The van der Waals surface area contributed by atoms with Crippen molar-refractivity contribution in [1.29, 1.82) is 0 Å². The van der Waals surface area contributed by atoms with E-state index < -0.39 is 6.10 Å². The number of benzene rings is 1. The van der Waals surface area contributed by atoms with Crippen molar-refractivity contribution in [3.8, 4) is 0 Å². The van der Waals surface area contributed by atoms with Gasteiger partial charge in [-0.25, -0.2) is 4.39 Å². The fourth-order valence-electron chi connectivity index (χ4n) is 2.82. The summed E-state index contributed by atoms with van der Waals surface area (Å²) in [4.78, 5) is 13.4. The van der Waals surface area contributed by atoms with Crippen LogP contribution >= 0.6 is 0 Å². The fraction of sp³-hybridized carbons (Fsp3) is 0.312. The van der Waals surface area contributed by atoms with Crippen LogP contribution in [0.5, 0.6) is 0 Å². The normalized spacial score (nSPS) is 20.6. The van der Waals surface area contributed by atoms with Crippen LogP contribution in [-0.2, 0) is 0 Å². The van der Waals surface area contributed by atoms with Crippen LogP contribution in [0.2, 0.25) is 0 Å². The highest BCUT2D eigenvalue weighted by Gasteiger charge is 2.33. The third-order valence-corrected chi connectivity index (χ3v) is 3.92. The Hall–Kier alpha value is -2.54. The van der Waals surface area contributed by atoms with Crippen LogP contribution in [0.4, 0.5) is 10.2 Å². The van der Waals surface area contributed by atoms with Gasteiger partial charge in [0.1, 0.15) is 5.82 Å². The van der Waals surface area contributed by atoms with Gasteiger partial charge in [0.25, 0.3) is 5.91 Å². The van der Waals surface area contributed by atoms with Gasteiger partial charge in [0.2, 0.25) is 0 Å². The number of hydrogen-bond donors (Lipinski definition) is 2. The summed E-state index contributed by atoms with van der Waals surface area (Å²) < 4.78 is 13.5. The number of aromatic nitrogens is 2. The SMILES string of the molecule is CNC(=O)c1ccc(N2C[C@@H](O)C[C@@H]2c2cccc(F)c2)nn1. The molecular weight excluding hydrogens is 299 g/mol. The van der Waals surface area contributed by atoms with Gasteiger partial charge in [-0.2, -0.15) is 0 Å². The minimum absolute atomic E-state index is 0.180. The number of rotatable bonds is 3. The molecule has 1 saturated heterocycles. The first kappa shape index (κ1) is 15.4. The van der Waals surface area contributed by atoms with Crippen LogP contribution in [0.3, 0.4) is 0 Å². The molecular formula is C16H17FN4O2. The quantitative estimate of drug-likeness (QED) is 0.892. The van der Waals surface area contributed by atoms with E-state index in [4.69, 9.17) is 0 Å². The molecule has 0 aliphatic carbocycles. The molecule has 6 nitrogen and oxygen atoms in total. The van der Waals surface area contributed by atoms with E-state index in [0.717, 1.165) is 5.56 Å². The highest BCUT2D eigenvalue weighted by Crippen LogP contribution is 2.35. The Morgan fingerprint density at radius 1 is 1.35 bits per heavy atom. The molecule has 2 heterocycles. The summed E-state index contributed by atoms with van der Waals surface area (Å²) in [5, 5.41) is 20.5. The van der Waals surface area contributed by atoms with Crippen LogP contribution < -0.4 is 10.2 Å². The molecule has 2 aromatic rings. The average molecular weight is 316 g/mol. The first-order valence-corrected chi connectivity index (χ1v) is 7.34. The maximum atomic E-state index is 13.5. The zero-order valence-electron chi connectivity index (χ0n) is 12.6. The monoisotopic (exact) mass is 316 g/mol. The van der Waals surface area contributed by atoms with E-state index in [1.807, 2.05) is 11.0 Å². The molecule has 1 fully saturated rings. The number of anilines is 1. The minimum atomic E-state index is -0.524. The highest BCUT2D eigenvalue weighted by molar-refractivity contribution is 5.91. The number of halogens is 1. The maximum Gasteiger partial charge on any atom is 0.271 e. The molecule has 7 heteroatoms. The van der Waals surface area contributed by atoms with Gasteiger partial charge in [-0.05, 0) is 36.2 Å². The topological polar surface area (TPSA) is 78.4 Å². The van der Waals surface area contributed by atoms with Gasteiger partial charge in [0, 0.05) is 13.6 Å². The van der Waals surface area contributed by atoms with Gasteiger partial charge in [-0.1, -0.05) is 12.1 Å². The van der Waals surface area contributed by atoms with Gasteiger partial charge >= 0.3 is 0 Å². The Bertz CT molecular complexity index is 707. The molecule has 23 heavy (non-hydrogen) atoms. The van der Waals surface area contributed by atoms with Gasteiger partial charge in [0.15, 0.2) is 11.5 Å². The Balaban J connectivity index is 1.89. The second kappa shape index (κ2) is 6.29. The fourth-order valence-corrected chi connectivity index (χ4v) is 2.82. The Morgan fingerprint density at radius 2 is 2.17 bits per heavy atom. The van der Waals surface area contributed by atoms with Crippen LogP contribution in [-0.4, -0.2) is 40.9 Å². The molecule has 2 N–H and O–H groups in total. The van der Waals surface area contributed by atoms with E-state index in [1.165, 1.54) is 19.2 Å². The summed E-state index contributed by atoms with van der Waals surface area (Å²) in [6, 6.07) is 9.40. The number of aliphatic hydroxyl groups excluding tert-OH is 1. The van der Waals surface area contributed by atoms with Crippen LogP contribution in [0.15, 0.2) is 36.4 Å². The van der Waals surface area contributed by atoms with Crippen molar-refractivity contribution < 1.29 is 14.3 Å². The molecule has 2 atom stereocenters. The number of aliphatic hydroxyl groups is 1. The van der Waals surface area contributed by atoms with Crippen molar-refractivity contribution in [2.45, 2.75) is 18.6 Å². The summed E-state index contributed by atoms with van der Waals surface area (Å²) in [5.41, 5.74) is 0.997. The van der Waals surface area contributed by atoms with Crippen molar-refractivity contribution in [2.75, 3.05) is 18.5 Å². The van der Waals surface area contributed by atoms with Crippen molar-refractivity contribution in [3.05, 3.63) is 53.5 Å². The number of nitrogens with one attached hydrogen (secondary N) is 1. The Morgan fingerprint density at radius 3 is 2.83 bits per heavy atom. The van der Waals surface area contributed by atoms with E-state index in [1.54, 1.807) is 18.2 Å². The molecule has 120 valence electrons. The predicted molar refractivity (Wildman–Crippen MR) is 82.5 cm³/mol. The van der Waals surface area contributed by atoms with E-state index in [0.29, 0.717) is 18.8 Å². The molecule has 1 amide bonds. The van der Waals surface area contributed by atoms with E-state index >= 15 is 0 Å². The lowest BCUT2D eigenvalue weighted by Crippen LogP contribution is -2.26. The van der Waals surface area contributed by atoms with Gasteiger partial charge < -0.3 is 15.3 Å². The van der Waals surface area contributed by atoms with Crippen LogP contribution in [0.25, 0.3) is 0 Å². The highest BCUT2D eigenvalue weighted by atomic mass is 19.1. The number of carbonyl (C=O) groups is 1. The van der Waals surface area contributed by atoms with Crippen molar-refractivity contribution >= 4 is 11.7 Å². The standard InChI is InChI=1S/C16H17FN4O2/c1-18-16(23)13-5-6-15(20-19-13)21-9-12(22)8-14(21)10-3-2-4-11(17)7-10/h2-7,12,14,22H,8-9H2,1H3,(H,18,23)/t12-,14+/m0/s1. The smallest absolute Gasteiger partial charge is 0.271 e. The molecule has 0 saturated carbocycles. The molecule has 1 aliphatic rings. The summed E-state index contributed by atoms with van der Waals surface area (Å²) in [6.07, 6.45) is -0.0359. The largest absolute Gasteiger partial charge is 0.391 e. The average Bonchev–Trinajstić information content (AvgIpc) is 2.96. The van der Waals surface area contributed by atoms with Gasteiger partial charge in [-0.15, -0.1) is 10.2 Å². The van der Waals surface area contributed by atoms with Gasteiger partial charge in [0.05, 0.1) is 12.1 Å². The van der Waals surface area contributed by atoms with Crippen molar-refractivity contribution in [3.63, 3.8) is 0 Å². The second-order valence-electron chi connectivity index (χ2n) is 5.47. The zero-order valence-corrected chi connectivity index (χ0v) is 12.6. The van der Waals surface area contributed by atoms with E-state index in [-0.39, 0.29) is 23.5 Å². The number of nitrogens with zero attached hydrogens (tertiary/aromatic N) is 3. The van der Waals surface area contributed by atoms with Crippen LogP contribution in [0, 0.1) is 5.82 Å². The Labute approximate surface area is 133 Å². The number of amides is 1. The van der Waals surface area contributed by atoms with E-state index in [9.17, 15) is 14.3 Å². The van der Waals surface area contributed by atoms with Crippen molar-refractivity contribution in [1.82, 2.24) is 15.5 Å². The molecule has 1 aromatic carbocycles. The third-order valence-electron chi connectivity index (χ3n) is 3.92. The zero-order chi connectivity index (χ0) is 16.4. The Kier molecular flexibility index (Phi) is 4.20. The minimum Gasteiger partial charge on any atom is -0.391 e. The second-order valence-corrected chi connectivity index (χ2v) is 5.47. The predicted octanol–water partition coefficient (Wildman–Crippen LogP) is 1.29. The molecule has 1 aromatic heterocycles. The van der Waals surface area contributed by atoms with Crippen molar-refractivity contribution in [2.24, 2.45) is 0 Å². The first-order valence-electron chi connectivity index (χ1n) is 7.34. The summed E-state index contributed by atoms with van der Waals surface area (Å²) in [7, 11) is 1.52. The number of β-amino-alcohol motifs (C(OH)–C–C–N with tert-alkyl or cyclic N) is 1. The third kappa shape index (κ3) is 3.14.